The number of sulfonamides is 1. The molecule has 2 atom stereocenters. The van der Waals surface area contributed by atoms with Crippen LogP contribution in [0.2, 0.25) is 0 Å². The van der Waals surface area contributed by atoms with Gasteiger partial charge in [0.25, 0.3) is 0 Å². The Kier molecular flexibility index (Phi) is 6.13. The quantitative estimate of drug-likeness (QED) is 0.681. The first-order chi connectivity index (χ1) is 12.9. The van der Waals surface area contributed by atoms with Gasteiger partial charge < -0.3 is 15.4 Å². The zero-order chi connectivity index (χ0) is 19.4. The highest BCUT2D eigenvalue weighted by Crippen LogP contribution is 2.37. The van der Waals surface area contributed by atoms with Crippen LogP contribution < -0.4 is 10.6 Å². The minimum absolute atomic E-state index is 0.0405. The van der Waals surface area contributed by atoms with Crippen molar-refractivity contribution in [3.8, 4) is 0 Å². The summed E-state index contributed by atoms with van der Waals surface area (Å²) in [5.74, 6) is 0.0936. The van der Waals surface area contributed by atoms with Gasteiger partial charge in [-0.3, -0.25) is 9.59 Å². The molecule has 9 heteroatoms. The van der Waals surface area contributed by atoms with Crippen LogP contribution in [0.25, 0.3) is 0 Å². The number of ether oxygens (including phenoxy) is 1. The molecule has 1 heterocycles. The molecule has 2 aliphatic rings. The van der Waals surface area contributed by atoms with Gasteiger partial charge in [-0.15, -0.1) is 0 Å². The Balaban J connectivity index is 1.47. The summed E-state index contributed by atoms with van der Waals surface area (Å²) >= 11 is 0. The van der Waals surface area contributed by atoms with Gasteiger partial charge >= 0.3 is 0 Å². The molecule has 1 aliphatic heterocycles. The smallest absolute Gasteiger partial charge is 0.243 e. The third-order valence-electron chi connectivity index (χ3n) is 4.89. The average Bonchev–Trinajstić information content (AvgIpc) is 3.42. The van der Waals surface area contributed by atoms with E-state index in [1.807, 2.05) is 6.92 Å². The highest BCUT2D eigenvalue weighted by molar-refractivity contribution is 7.89. The molecule has 2 fully saturated rings. The topological polar surface area (TPSA) is 105 Å². The first kappa shape index (κ1) is 19.8. The standard InChI is InChI=1S/C18H25N3O5S/c1-13-10-16(13)18(23)20-12-17(22)19-11-14-2-4-15(5-3-14)27(24,25)21-6-8-26-9-7-21/h2-5,13,16H,6-12H2,1H3,(H,19,22)(H,20,23). The summed E-state index contributed by atoms with van der Waals surface area (Å²) in [5, 5.41) is 5.35. The summed E-state index contributed by atoms with van der Waals surface area (Å²) in [4.78, 5) is 23.8. The van der Waals surface area contributed by atoms with E-state index in [-0.39, 0.29) is 35.7 Å². The van der Waals surface area contributed by atoms with Crippen LogP contribution >= 0.6 is 0 Å². The van der Waals surface area contributed by atoms with E-state index < -0.39 is 10.0 Å². The van der Waals surface area contributed by atoms with E-state index in [1.54, 1.807) is 24.3 Å². The van der Waals surface area contributed by atoms with E-state index in [1.165, 1.54) is 4.31 Å². The third-order valence-corrected chi connectivity index (χ3v) is 6.80. The van der Waals surface area contributed by atoms with E-state index in [2.05, 4.69) is 10.6 Å². The van der Waals surface area contributed by atoms with Crippen molar-refractivity contribution in [1.82, 2.24) is 14.9 Å². The van der Waals surface area contributed by atoms with Gasteiger partial charge in [-0.1, -0.05) is 19.1 Å². The average molecular weight is 395 g/mol. The van der Waals surface area contributed by atoms with Crippen molar-refractivity contribution < 1.29 is 22.7 Å². The van der Waals surface area contributed by atoms with Crippen molar-refractivity contribution in [2.45, 2.75) is 24.8 Å². The summed E-state index contributed by atoms with van der Waals surface area (Å²) < 4.78 is 31.7. The maximum atomic E-state index is 12.6. The van der Waals surface area contributed by atoms with Gasteiger partial charge in [0.1, 0.15) is 0 Å². The number of carbonyl (C=O) groups excluding carboxylic acids is 2. The molecule has 2 unspecified atom stereocenters. The van der Waals surface area contributed by atoms with Crippen LogP contribution in [0.5, 0.6) is 0 Å². The number of hydrogen-bond donors (Lipinski definition) is 2. The predicted octanol–water partition coefficient (Wildman–Crippen LogP) is 0.0959. The van der Waals surface area contributed by atoms with Gasteiger partial charge in [-0.05, 0) is 30.0 Å². The van der Waals surface area contributed by atoms with Gasteiger partial charge in [0.2, 0.25) is 21.8 Å². The zero-order valence-electron chi connectivity index (χ0n) is 15.3. The first-order valence-corrected chi connectivity index (χ1v) is 10.5. The Morgan fingerprint density at radius 3 is 2.37 bits per heavy atom. The molecular weight excluding hydrogens is 370 g/mol. The molecule has 2 amide bonds. The molecule has 1 aromatic rings. The van der Waals surface area contributed by atoms with Crippen molar-refractivity contribution in [2.24, 2.45) is 11.8 Å². The molecule has 0 spiro atoms. The minimum atomic E-state index is -3.52. The second-order valence-corrected chi connectivity index (χ2v) is 8.91. The summed E-state index contributed by atoms with van der Waals surface area (Å²) in [6.07, 6.45) is 0.882. The van der Waals surface area contributed by atoms with Gasteiger partial charge in [0.15, 0.2) is 0 Å². The lowest BCUT2D eigenvalue weighted by Crippen LogP contribution is -2.40. The molecule has 2 N–H and O–H groups in total. The second kappa shape index (κ2) is 8.37. The van der Waals surface area contributed by atoms with Crippen LogP contribution in [-0.2, 0) is 30.9 Å². The summed E-state index contributed by atoms with van der Waals surface area (Å²) in [6, 6.07) is 6.45. The number of morpholine rings is 1. The third kappa shape index (κ3) is 5.06. The highest BCUT2D eigenvalue weighted by Gasteiger charge is 2.38. The molecular formula is C18H25N3O5S. The van der Waals surface area contributed by atoms with Gasteiger partial charge in [0, 0.05) is 25.6 Å². The minimum Gasteiger partial charge on any atom is -0.379 e. The Morgan fingerprint density at radius 2 is 1.78 bits per heavy atom. The van der Waals surface area contributed by atoms with E-state index >= 15 is 0 Å². The van der Waals surface area contributed by atoms with Crippen molar-refractivity contribution in [3.63, 3.8) is 0 Å². The Morgan fingerprint density at radius 1 is 1.15 bits per heavy atom. The lowest BCUT2D eigenvalue weighted by Gasteiger charge is -2.26. The molecule has 1 saturated carbocycles. The van der Waals surface area contributed by atoms with E-state index in [9.17, 15) is 18.0 Å². The molecule has 3 rings (SSSR count). The second-order valence-electron chi connectivity index (χ2n) is 6.97. The SMILES string of the molecule is CC1CC1C(=O)NCC(=O)NCc1ccc(S(=O)(=O)N2CCOCC2)cc1. The maximum absolute atomic E-state index is 12.6. The molecule has 1 aliphatic carbocycles. The number of hydrogen-bond acceptors (Lipinski definition) is 5. The fourth-order valence-corrected chi connectivity index (χ4v) is 4.37. The number of rotatable bonds is 7. The molecule has 0 bridgehead atoms. The van der Waals surface area contributed by atoms with Crippen molar-refractivity contribution in [2.75, 3.05) is 32.8 Å². The van der Waals surface area contributed by atoms with Crippen molar-refractivity contribution >= 4 is 21.8 Å². The van der Waals surface area contributed by atoms with Crippen LogP contribution in [0, 0.1) is 11.8 Å². The Hall–Kier alpha value is -1.97. The van der Waals surface area contributed by atoms with Gasteiger partial charge in [-0.25, -0.2) is 8.42 Å². The molecule has 0 aromatic heterocycles. The molecule has 1 aromatic carbocycles. The largest absolute Gasteiger partial charge is 0.379 e. The zero-order valence-corrected chi connectivity index (χ0v) is 16.1. The first-order valence-electron chi connectivity index (χ1n) is 9.09. The van der Waals surface area contributed by atoms with Crippen LogP contribution in [0.4, 0.5) is 0 Å². The fourth-order valence-electron chi connectivity index (χ4n) is 2.96. The van der Waals surface area contributed by atoms with Gasteiger partial charge in [0.05, 0.1) is 24.7 Å². The fraction of sp³-hybridized carbons (Fsp3) is 0.556. The molecule has 27 heavy (non-hydrogen) atoms. The maximum Gasteiger partial charge on any atom is 0.243 e. The summed E-state index contributed by atoms with van der Waals surface area (Å²) in [7, 11) is -3.52. The van der Waals surface area contributed by atoms with E-state index in [0.717, 1.165) is 12.0 Å². The van der Waals surface area contributed by atoms with Gasteiger partial charge in [-0.2, -0.15) is 4.31 Å². The highest BCUT2D eigenvalue weighted by atomic mass is 32.2. The number of nitrogens with one attached hydrogen (secondary N) is 2. The number of carbonyl (C=O) groups is 2. The Labute approximate surface area is 159 Å². The molecule has 0 radical (unpaired) electrons. The number of benzene rings is 1. The van der Waals surface area contributed by atoms with Crippen LogP contribution in [0.3, 0.4) is 0 Å². The molecule has 148 valence electrons. The van der Waals surface area contributed by atoms with Crippen LogP contribution in [0.1, 0.15) is 18.9 Å². The lowest BCUT2D eigenvalue weighted by molar-refractivity contribution is -0.127. The lowest BCUT2D eigenvalue weighted by atomic mass is 10.2. The van der Waals surface area contributed by atoms with Crippen molar-refractivity contribution in [3.05, 3.63) is 29.8 Å². The summed E-state index contributed by atoms with van der Waals surface area (Å²) in [6.45, 7) is 3.74. The van der Waals surface area contributed by atoms with Crippen molar-refractivity contribution in [1.29, 1.82) is 0 Å². The number of nitrogens with zero attached hydrogens (tertiary/aromatic N) is 1. The Bertz CT molecular complexity index is 788. The normalized spacial score (nSPS) is 22.9. The molecule has 1 saturated heterocycles. The van der Waals surface area contributed by atoms with Crippen LogP contribution in [-0.4, -0.2) is 57.4 Å². The van der Waals surface area contributed by atoms with Crippen LogP contribution in [0.15, 0.2) is 29.2 Å². The molecule has 8 nitrogen and oxygen atoms in total. The van der Waals surface area contributed by atoms with E-state index in [4.69, 9.17) is 4.74 Å². The predicted molar refractivity (Wildman–Crippen MR) is 98.1 cm³/mol. The summed E-state index contributed by atoms with van der Waals surface area (Å²) in [5.41, 5.74) is 0.784. The number of amides is 2. The monoisotopic (exact) mass is 395 g/mol. The van der Waals surface area contributed by atoms with E-state index in [0.29, 0.717) is 32.2 Å².